The van der Waals surface area contributed by atoms with Gasteiger partial charge in [-0.25, -0.2) is 4.98 Å². The maximum Gasteiger partial charge on any atom is 0.236 e. The van der Waals surface area contributed by atoms with Gasteiger partial charge in [0.05, 0.1) is 11.6 Å². The SMILES string of the molecule is CCN(CC)C(=O)CNCc1cnc(C(C)(C)C)s1. The van der Waals surface area contributed by atoms with Gasteiger partial charge in [0.25, 0.3) is 0 Å². The van der Waals surface area contributed by atoms with Crippen LogP contribution in [-0.2, 0) is 16.8 Å². The van der Waals surface area contributed by atoms with E-state index in [0.717, 1.165) is 18.1 Å². The standard InChI is InChI=1S/C14H25N3OS/c1-6-17(7-2)12(18)10-15-8-11-9-16-13(19-11)14(3,4)5/h9,15H,6-8,10H2,1-5H3. The van der Waals surface area contributed by atoms with Gasteiger partial charge in [-0.05, 0) is 13.8 Å². The van der Waals surface area contributed by atoms with E-state index in [4.69, 9.17) is 0 Å². The number of rotatable bonds is 6. The topological polar surface area (TPSA) is 45.2 Å². The van der Waals surface area contributed by atoms with Crippen molar-refractivity contribution < 1.29 is 4.79 Å². The van der Waals surface area contributed by atoms with Crippen molar-refractivity contribution >= 4 is 17.2 Å². The molecule has 1 amide bonds. The second kappa shape index (κ2) is 7.01. The molecular formula is C14H25N3OS. The maximum atomic E-state index is 11.8. The minimum absolute atomic E-state index is 0.0972. The van der Waals surface area contributed by atoms with Crippen LogP contribution in [0, 0.1) is 0 Å². The number of nitrogens with one attached hydrogen (secondary N) is 1. The van der Waals surface area contributed by atoms with E-state index in [9.17, 15) is 4.79 Å². The summed E-state index contributed by atoms with van der Waals surface area (Å²) in [7, 11) is 0. The third kappa shape index (κ3) is 4.91. The number of carbonyl (C=O) groups is 1. The fourth-order valence-electron chi connectivity index (χ4n) is 1.72. The van der Waals surface area contributed by atoms with Crippen LogP contribution in [0.25, 0.3) is 0 Å². The van der Waals surface area contributed by atoms with Crippen LogP contribution in [-0.4, -0.2) is 35.4 Å². The summed E-state index contributed by atoms with van der Waals surface area (Å²) in [5.74, 6) is 0.158. The Morgan fingerprint density at radius 2 is 2.00 bits per heavy atom. The second-order valence-electron chi connectivity index (χ2n) is 5.55. The van der Waals surface area contributed by atoms with E-state index in [2.05, 4.69) is 31.1 Å². The minimum atomic E-state index is 0.0972. The van der Waals surface area contributed by atoms with E-state index in [-0.39, 0.29) is 11.3 Å². The lowest BCUT2D eigenvalue weighted by atomic mass is 9.98. The molecule has 5 heteroatoms. The van der Waals surface area contributed by atoms with Crippen molar-refractivity contribution in [2.24, 2.45) is 0 Å². The van der Waals surface area contributed by atoms with Crippen molar-refractivity contribution in [2.75, 3.05) is 19.6 Å². The molecule has 1 heterocycles. The molecule has 0 aliphatic carbocycles. The molecule has 0 aromatic carbocycles. The van der Waals surface area contributed by atoms with Gasteiger partial charge in [0, 0.05) is 36.1 Å². The summed E-state index contributed by atoms with van der Waals surface area (Å²) in [6.07, 6.45) is 1.90. The molecule has 1 N–H and O–H groups in total. The summed E-state index contributed by atoms with van der Waals surface area (Å²) in [5, 5.41) is 4.33. The Bertz CT molecular complexity index is 405. The zero-order chi connectivity index (χ0) is 14.5. The molecule has 1 aromatic rings. The largest absolute Gasteiger partial charge is 0.342 e. The summed E-state index contributed by atoms with van der Waals surface area (Å²) in [5.41, 5.74) is 0.0972. The third-order valence-corrected chi connectivity index (χ3v) is 4.31. The lowest BCUT2D eigenvalue weighted by Crippen LogP contribution is -2.37. The summed E-state index contributed by atoms with van der Waals surface area (Å²) >= 11 is 1.71. The average molecular weight is 283 g/mol. The molecule has 1 aromatic heterocycles. The van der Waals surface area contributed by atoms with Gasteiger partial charge in [0.15, 0.2) is 0 Å². The Hall–Kier alpha value is -0.940. The van der Waals surface area contributed by atoms with Crippen LogP contribution in [0.1, 0.15) is 44.5 Å². The van der Waals surface area contributed by atoms with Gasteiger partial charge in [-0.3, -0.25) is 4.79 Å². The molecule has 0 aliphatic rings. The average Bonchev–Trinajstić information content (AvgIpc) is 2.79. The molecule has 0 bridgehead atoms. The van der Waals surface area contributed by atoms with Crippen molar-refractivity contribution in [1.29, 1.82) is 0 Å². The van der Waals surface area contributed by atoms with E-state index in [1.807, 2.05) is 24.9 Å². The number of hydrogen-bond donors (Lipinski definition) is 1. The van der Waals surface area contributed by atoms with Gasteiger partial charge in [0.1, 0.15) is 0 Å². The van der Waals surface area contributed by atoms with Crippen molar-refractivity contribution in [3.05, 3.63) is 16.1 Å². The van der Waals surface area contributed by atoms with Gasteiger partial charge in [-0.1, -0.05) is 20.8 Å². The number of nitrogens with zero attached hydrogens (tertiary/aromatic N) is 2. The summed E-state index contributed by atoms with van der Waals surface area (Å²) < 4.78 is 0. The molecule has 0 aliphatic heterocycles. The zero-order valence-corrected chi connectivity index (χ0v) is 13.4. The van der Waals surface area contributed by atoms with Crippen molar-refractivity contribution in [2.45, 2.75) is 46.6 Å². The molecule has 4 nitrogen and oxygen atoms in total. The molecule has 0 spiro atoms. The van der Waals surface area contributed by atoms with Crippen molar-refractivity contribution in [1.82, 2.24) is 15.2 Å². The predicted octanol–water partition coefficient (Wildman–Crippen LogP) is 2.40. The number of amides is 1. The van der Waals surface area contributed by atoms with Crippen molar-refractivity contribution in [3.63, 3.8) is 0 Å². The fourth-order valence-corrected chi connectivity index (χ4v) is 2.66. The normalized spacial score (nSPS) is 11.6. The Morgan fingerprint density at radius 3 is 2.47 bits per heavy atom. The highest BCUT2D eigenvalue weighted by atomic mass is 32.1. The number of carbonyl (C=O) groups excluding carboxylic acids is 1. The quantitative estimate of drug-likeness (QED) is 0.872. The summed E-state index contributed by atoms with van der Waals surface area (Å²) in [6.45, 7) is 13.1. The van der Waals surface area contributed by atoms with Crippen LogP contribution >= 0.6 is 11.3 Å². The zero-order valence-electron chi connectivity index (χ0n) is 12.6. The smallest absolute Gasteiger partial charge is 0.236 e. The van der Waals surface area contributed by atoms with E-state index in [1.54, 1.807) is 11.3 Å². The Morgan fingerprint density at radius 1 is 1.37 bits per heavy atom. The molecule has 0 fully saturated rings. The third-order valence-electron chi connectivity index (χ3n) is 2.89. The van der Waals surface area contributed by atoms with E-state index >= 15 is 0 Å². The first kappa shape index (κ1) is 16.1. The van der Waals surface area contributed by atoms with Gasteiger partial charge < -0.3 is 10.2 Å². The number of thiazole rings is 1. The molecule has 0 saturated carbocycles. The van der Waals surface area contributed by atoms with E-state index in [1.165, 1.54) is 4.88 Å². The maximum absolute atomic E-state index is 11.8. The number of likely N-dealkylation sites (N-methyl/N-ethyl adjacent to an activating group) is 1. The Kier molecular flexibility index (Phi) is 5.94. The molecule has 0 radical (unpaired) electrons. The highest BCUT2D eigenvalue weighted by Crippen LogP contribution is 2.26. The van der Waals surface area contributed by atoms with Gasteiger partial charge >= 0.3 is 0 Å². The lowest BCUT2D eigenvalue weighted by Gasteiger charge is -2.18. The minimum Gasteiger partial charge on any atom is -0.342 e. The Balaban J connectivity index is 2.41. The highest BCUT2D eigenvalue weighted by Gasteiger charge is 2.18. The first-order valence-electron chi connectivity index (χ1n) is 6.82. The van der Waals surface area contributed by atoms with E-state index in [0.29, 0.717) is 13.1 Å². The lowest BCUT2D eigenvalue weighted by molar-refractivity contribution is -0.129. The van der Waals surface area contributed by atoms with Crippen LogP contribution < -0.4 is 5.32 Å². The molecular weight excluding hydrogens is 258 g/mol. The molecule has 108 valence electrons. The first-order valence-corrected chi connectivity index (χ1v) is 7.63. The van der Waals surface area contributed by atoms with Gasteiger partial charge in [-0.15, -0.1) is 11.3 Å². The predicted molar refractivity (Wildman–Crippen MR) is 80.4 cm³/mol. The first-order chi connectivity index (χ1) is 8.88. The number of aromatic nitrogens is 1. The van der Waals surface area contributed by atoms with E-state index < -0.39 is 0 Å². The molecule has 1 rings (SSSR count). The van der Waals surface area contributed by atoms with Crippen LogP contribution in [0.5, 0.6) is 0 Å². The second-order valence-corrected chi connectivity index (χ2v) is 6.67. The van der Waals surface area contributed by atoms with Crippen molar-refractivity contribution in [3.8, 4) is 0 Å². The molecule has 0 unspecified atom stereocenters. The van der Waals surface area contributed by atoms with Crippen LogP contribution in [0.15, 0.2) is 6.20 Å². The molecule has 0 atom stereocenters. The highest BCUT2D eigenvalue weighted by molar-refractivity contribution is 7.11. The summed E-state index contributed by atoms with van der Waals surface area (Å²) in [6, 6.07) is 0. The van der Waals surface area contributed by atoms with Gasteiger partial charge in [0.2, 0.25) is 5.91 Å². The molecule has 19 heavy (non-hydrogen) atoms. The van der Waals surface area contributed by atoms with Crippen LogP contribution in [0.4, 0.5) is 0 Å². The Labute approximate surface area is 120 Å². The molecule has 0 saturated heterocycles. The van der Waals surface area contributed by atoms with Crippen LogP contribution in [0.2, 0.25) is 0 Å². The summed E-state index contributed by atoms with van der Waals surface area (Å²) in [4.78, 5) is 19.3. The number of hydrogen-bond acceptors (Lipinski definition) is 4. The van der Waals surface area contributed by atoms with Gasteiger partial charge in [-0.2, -0.15) is 0 Å². The monoisotopic (exact) mass is 283 g/mol. The fraction of sp³-hybridized carbons (Fsp3) is 0.714. The van der Waals surface area contributed by atoms with Crippen LogP contribution in [0.3, 0.4) is 0 Å².